The molecule has 3 heteroatoms. The minimum Gasteiger partial charge on any atom is -0.481 e. The molecule has 23 heavy (non-hydrogen) atoms. The van der Waals surface area contributed by atoms with Crippen LogP contribution in [0.1, 0.15) is 44.2 Å². The van der Waals surface area contributed by atoms with Gasteiger partial charge in [-0.15, -0.1) is 0 Å². The Morgan fingerprint density at radius 1 is 1.09 bits per heavy atom. The van der Waals surface area contributed by atoms with E-state index >= 15 is 0 Å². The van der Waals surface area contributed by atoms with Gasteiger partial charge in [0.05, 0.1) is 0 Å². The summed E-state index contributed by atoms with van der Waals surface area (Å²) in [6.45, 7) is 8.21. The van der Waals surface area contributed by atoms with E-state index < -0.39 is 6.10 Å². The summed E-state index contributed by atoms with van der Waals surface area (Å²) < 4.78 is 5.84. The predicted molar refractivity (Wildman–Crippen MR) is 95.0 cm³/mol. The van der Waals surface area contributed by atoms with Crippen molar-refractivity contribution in [2.75, 3.05) is 5.32 Å². The lowest BCUT2D eigenvalue weighted by atomic mass is 10.0. The predicted octanol–water partition coefficient (Wildman–Crippen LogP) is 4.91. The average Bonchev–Trinajstić information content (AvgIpc) is 2.54. The van der Waals surface area contributed by atoms with Crippen LogP contribution in [-0.2, 0) is 4.79 Å². The van der Waals surface area contributed by atoms with Crippen molar-refractivity contribution in [3.05, 3.63) is 59.7 Å². The summed E-state index contributed by atoms with van der Waals surface area (Å²) in [5, 5.41) is 3.01. The SMILES string of the molecule is CC[C@H](Oc1ccc(C)cc1)C(=O)Nc1ccccc1C(C)C. The van der Waals surface area contributed by atoms with Crippen LogP contribution in [0, 0.1) is 6.92 Å². The molecule has 0 fully saturated rings. The van der Waals surface area contributed by atoms with Gasteiger partial charge >= 0.3 is 0 Å². The summed E-state index contributed by atoms with van der Waals surface area (Å²) in [6.07, 6.45) is 0.113. The molecule has 0 heterocycles. The van der Waals surface area contributed by atoms with E-state index in [0.29, 0.717) is 12.3 Å². The van der Waals surface area contributed by atoms with E-state index in [4.69, 9.17) is 4.74 Å². The molecule has 3 nitrogen and oxygen atoms in total. The summed E-state index contributed by atoms with van der Waals surface area (Å²) in [5.74, 6) is 0.959. The molecule has 122 valence electrons. The lowest BCUT2D eigenvalue weighted by Gasteiger charge is -2.19. The van der Waals surface area contributed by atoms with Crippen molar-refractivity contribution in [3.8, 4) is 5.75 Å². The fourth-order valence-corrected chi connectivity index (χ4v) is 2.43. The van der Waals surface area contributed by atoms with Crippen molar-refractivity contribution < 1.29 is 9.53 Å². The molecule has 1 atom stereocenters. The Hall–Kier alpha value is -2.29. The minimum absolute atomic E-state index is 0.110. The summed E-state index contributed by atoms with van der Waals surface area (Å²) in [7, 11) is 0. The van der Waals surface area contributed by atoms with Gasteiger partial charge in [0.1, 0.15) is 5.75 Å². The number of hydrogen-bond donors (Lipinski definition) is 1. The Kier molecular flexibility index (Phi) is 5.80. The average molecular weight is 311 g/mol. The van der Waals surface area contributed by atoms with E-state index in [1.807, 2.05) is 62.4 Å². The molecule has 0 radical (unpaired) electrons. The summed E-state index contributed by atoms with van der Waals surface area (Å²) in [4.78, 5) is 12.6. The number of anilines is 1. The highest BCUT2D eigenvalue weighted by atomic mass is 16.5. The number of nitrogens with one attached hydrogen (secondary N) is 1. The molecule has 1 amide bonds. The molecule has 0 aliphatic carbocycles. The van der Waals surface area contributed by atoms with Gasteiger partial charge in [0, 0.05) is 5.69 Å². The van der Waals surface area contributed by atoms with Crippen LogP contribution >= 0.6 is 0 Å². The quantitative estimate of drug-likeness (QED) is 0.822. The number of para-hydroxylation sites is 1. The van der Waals surface area contributed by atoms with Crippen LogP contribution in [0.25, 0.3) is 0 Å². The summed E-state index contributed by atoms with van der Waals surface area (Å²) in [6, 6.07) is 15.7. The molecular formula is C20H25NO2. The smallest absolute Gasteiger partial charge is 0.265 e. The molecule has 0 aromatic heterocycles. The van der Waals surface area contributed by atoms with Gasteiger partial charge in [-0.1, -0.05) is 56.7 Å². The Balaban J connectivity index is 2.10. The maximum atomic E-state index is 12.6. The number of aryl methyl sites for hydroxylation is 1. The fraction of sp³-hybridized carbons (Fsp3) is 0.350. The zero-order valence-electron chi connectivity index (χ0n) is 14.3. The van der Waals surface area contributed by atoms with Crippen LogP contribution < -0.4 is 10.1 Å². The Morgan fingerprint density at radius 3 is 2.35 bits per heavy atom. The van der Waals surface area contributed by atoms with Crippen molar-refractivity contribution >= 4 is 11.6 Å². The van der Waals surface area contributed by atoms with E-state index in [9.17, 15) is 4.79 Å². The molecule has 0 unspecified atom stereocenters. The van der Waals surface area contributed by atoms with Gasteiger partial charge in [0.15, 0.2) is 6.10 Å². The molecule has 0 spiro atoms. The summed E-state index contributed by atoms with van der Waals surface area (Å²) >= 11 is 0. The van der Waals surface area contributed by atoms with E-state index in [0.717, 1.165) is 17.0 Å². The first-order valence-electron chi connectivity index (χ1n) is 8.14. The largest absolute Gasteiger partial charge is 0.481 e. The number of benzene rings is 2. The monoisotopic (exact) mass is 311 g/mol. The lowest BCUT2D eigenvalue weighted by molar-refractivity contribution is -0.122. The maximum absolute atomic E-state index is 12.6. The molecule has 0 aliphatic rings. The van der Waals surface area contributed by atoms with Gasteiger partial charge in [-0.3, -0.25) is 4.79 Å². The minimum atomic E-state index is -0.502. The number of carbonyl (C=O) groups excluding carboxylic acids is 1. The first-order chi connectivity index (χ1) is 11.0. The van der Waals surface area contributed by atoms with Crippen LogP contribution in [0.2, 0.25) is 0 Å². The molecular weight excluding hydrogens is 286 g/mol. The topological polar surface area (TPSA) is 38.3 Å². The molecule has 0 bridgehead atoms. The second kappa shape index (κ2) is 7.82. The van der Waals surface area contributed by atoms with E-state index in [2.05, 4.69) is 19.2 Å². The first-order valence-corrected chi connectivity index (χ1v) is 8.14. The van der Waals surface area contributed by atoms with E-state index in [1.165, 1.54) is 5.56 Å². The van der Waals surface area contributed by atoms with Gasteiger partial charge in [-0.2, -0.15) is 0 Å². The third-order valence-electron chi connectivity index (χ3n) is 3.80. The van der Waals surface area contributed by atoms with Gasteiger partial charge in [0.2, 0.25) is 0 Å². The molecule has 0 aliphatic heterocycles. The maximum Gasteiger partial charge on any atom is 0.265 e. The van der Waals surface area contributed by atoms with Crippen molar-refractivity contribution in [1.82, 2.24) is 0 Å². The second-order valence-electron chi connectivity index (χ2n) is 6.06. The van der Waals surface area contributed by atoms with Gasteiger partial charge < -0.3 is 10.1 Å². The standard InChI is InChI=1S/C20H25NO2/c1-5-19(23-16-12-10-15(4)11-13-16)20(22)21-18-9-7-6-8-17(18)14(2)3/h6-14,19H,5H2,1-4H3,(H,21,22)/t19-/m0/s1. The van der Waals surface area contributed by atoms with Gasteiger partial charge in [0.25, 0.3) is 5.91 Å². The van der Waals surface area contributed by atoms with Crippen molar-refractivity contribution in [3.63, 3.8) is 0 Å². The Bertz CT molecular complexity index is 647. The zero-order valence-corrected chi connectivity index (χ0v) is 14.3. The Morgan fingerprint density at radius 2 is 1.74 bits per heavy atom. The molecule has 1 N–H and O–H groups in total. The van der Waals surface area contributed by atoms with Crippen LogP contribution in [0.3, 0.4) is 0 Å². The molecule has 0 saturated heterocycles. The van der Waals surface area contributed by atoms with Crippen molar-refractivity contribution in [1.29, 1.82) is 0 Å². The Labute approximate surface area is 138 Å². The van der Waals surface area contributed by atoms with E-state index in [1.54, 1.807) is 0 Å². The number of carbonyl (C=O) groups is 1. The summed E-state index contributed by atoms with van der Waals surface area (Å²) in [5.41, 5.74) is 3.16. The van der Waals surface area contributed by atoms with Crippen LogP contribution in [-0.4, -0.2) is 12.0 Å². The highest BCUT2D eigenvalue weighted by Crippen LogP contribution is 2.24. The first kappa shape index (κ1) is 17.1. The highest BCUT2D eigenvalue weighted by molar-refractivity contribution is 5.95. The third kappa shape index (κ3) is 4.59. The number of rotatable bonds is 6. The normalized spacial score (nSPS) is 12.0. The number of ether oxygens (including phenoxy) is 1. The van der Waals surface area contributed by atoms with Crippen LogP contribution in [0.5, 0.6) is 5.75 Å². The fourth-order valence-electron chi connectivity index (χ4n) is 2.43. The third-order valence-corrected chi connectivity index (χ3v) is 3.80. The number of hydrogen-bond acceptors (Lipinski definition) is 2. The van der Waals surface area contributed by atoms with Crippen LogP contribution in [0.4, 0.5) is 5.69 Å². The van der Waals surface area contributed by atoms with Crippen molar-refractivity contribution in [2.24, 2.45) is 0 Å². The van der Waals surface area contributed by atoms with Gasteiger partial charge in [-0.25, -0.2) is 0 Å². The molecule has 2 aromatic carbocycles. The second-order valence-corrected chi connectivity index (χ2v) is 6.06. The van der Waals surface area contributed by atoms with E-state index in [-0.39, 0.29) is 5.91 Å². The lowest BCUT2D eigenvalue weighted by Crippen LogP contribution is -2.32. The van der Waals surface area contributed by atoms with Crippen LogP contribution in [0.15, 0.2) is 48.5 Å². The zero-order chi connectivity index (χ0) is 16.8. The molecule has 0 saturated carbocycles. The van der Waals surface area contributed by atoms with Crippen molar-refractivity contribution in [2.45, 2.75) is 46.1 Å². The number of amides is 1. The molecule has 2 rings (SSSR count). The highest BCUT2D eigenvalue weighted by Gasteiger charge is 2.20. The molecule has 2 aromatic rings. The van der Waals surface area contributed by atoms with Gasteiger partial charge in [-0.05, 0) is 43.0 Å².